The quantitative estimate of drug-likeness (QED) is 0.493. The number of thioether (sulfide) groups is 1. The fraction of sp³-hybridized carbons (Fsp3) is 0.474. The first-order chi connectivity index (χ1) is 12.0. The smallest absolute Gasteiger partial charge is 0.268 e. The third-order valence-electron chi connectivity index (χ3n) is 4.75. The zero-order valence-corrected chi connectivity index (χ0v) is 16.5. The molecule has 0 atom stereocenters. The zero-order chi connectivity index (χ0) is 18.0. The maximum Gasteiger partial charge on any atom is 0.268 e. The number of halogens is 2. The van der Waals surface area contributed by atoms with Crippen molar-refractivity contribution in [3.05, 3.63) is 38.7 Å². The summed E-state index contributed by atoms with van der Waals surface area (Å²) in [7, 11) is 0. The van der Waals surface area contributed by atoms with Gasteiger partial charge in [0.15, 0.2) is 0 Å². The largest absolute Gasteiger partial charge is 0.271 e. The molecule has 3 rings (SSSR count). The van der Waals surface area contributed by atoms with Gasteiger partial charge in [-0.25, -0.2) is 0 Å². The summed E-state index contributed by atoms with van der Waals surface area (Å²) in [6.07, 6.45) is 6.26. The van der Waals surface area contributed by atoms with Gasteiger partial charge in [-0.2, -0.15) is 0 Å². The molecule has 6 heteroatoms. The summed E-state index contributed by atoms with van der Waals surface area (Å²) in [5, 5.41) is 0.914. The SMILES string of the molecule is CCSC1=C(c2ccc(Cl)cc2Cl)C(=O)N(C2CCCCCC2)C1=O. The predicted octanol–water partition coefficient (Wildman–Crippen LogP) is 5.55. The van der Waals surface area contributed by atoms with Gasteiger partial charge in [-0.1, -0.05) is 61.9 Å². The van der Waals surface area contributed by atoms with Gasteiger partial charge >= 0.3 is 0 Å². The van der Waals surface area contributed by atoms with Crippen molar-refractivity contribution in [3.8, 4) is 0 Å². The van der Waals surface area contributed by atoms with Crippen molar-refractivity contribution < 1.29 is 9.59 Å². The second-order valence-corrected chi connectivity index (χ2v) is 8.50. The number of carbonyl (C=O) groups excluding carboxylic acids is 2. The van der Waals surface area contributed by atoms with E-state index in [4.69, 9.17) is 23.2 Å². The van der Waals surface area contributed by atoms with E-state index >= 15 is 0 Å². The Balaban J connectivity index is 2.01. The zero-order valence-electron chi connectivity index (χ0n) is 14.2. The lowest BCUT2D eigenvalue weighted by atomic mass is 10.0. The lowest BCUT2D eigenvalue weighted by Crippen LogP contribution is -2.40. The Morgan fingerprint density at radius 3 is 2.36 bits per heavy atom. The fourth-order valence-electron chi connectivity index (χ4n) is 3.58. The van der Waals surface area contributed by atoms with Gasteiger partial charge in [0, 0.05) is 16.6 Å². The van der Waals surface area contributed by atoms with Crippen LogP contribution >= 0.6 is 35.0 Å². The third-order valence-corrected chi connectivity index (χ3v) is 6.26. The van der Waals surface area contributed by atoms with Crippen LogP contribution in [0.1, 0.15) is 51.0 Å². The summed E-state index contributed by atoms with van der Waals surface area (Å²) in [4.78, 5) is 28.2. The summed E-state index contributed by atoms with van der Waals surface area (Å²) < 4.78 is 0. The van der Waals surface area contributed by atoms with Crippen LogP contribution in [0.15, 0.2) is 23.1 Å². The molecule has 0 bridgehead atoms. The third kappa shape index (κ3) is 3.76. The molecule has 2 amide bonds. The second kappa shape index (κ2) is 8.15. The van der Waals surface area contributed by atoms with E-state index in [2.05, 4.69) is 0 Å². The number of hydrogen-bond donors (Lipinski definition) is 0. The van der Waals surface area contributed by atoms with Crippen LogP contribution < -0.4 is 0 Å². The van der Waals surface area contributed by atoms with E-state index in [1.54, 1.807) is 18.2 Å². The van der Waals surface area contributed by atoms with E-state index in [9.17, 15) is 9.59 Å². The van der Waals surface area contributed by atoms with Gasteiger partial charge in [0.2, 0.25) is 0 Å². The number of benzene rings is 1. The fourth-order valence-corrected chi connectivity index (χ4v) is 4.94. The van der Waals surface area contributed by atoms with Gasteiger partial charge in [-0.3, -0.25) is 14.5 Å². The van der Waals surface area contributed by atoms with Gasteiger partial charge in [0.05, 0.1) is 15.5 Å². The molecule has 0 aromatic heterocycles. The van der Waals surface area contributed by atoms with E-state index in [0.717, 1.165) is 31.4 Å². The first-order valence-corrected chi connectivity index (χ1v) is 10.5. The average Bonchev–Trinajstić information content (AvgIpc) is 2.76. The van der Waals surface area contributed by atoms with Crippen LogP contribution in [-0.2, 0) is 9.59 Å². The maximum atomic E-state index is 13.2. The highest BCUT2D eigenvalue weighted by molar-refractivity contribution is 8.04. The molecule has 1 fully saturated rings. The van der Waals surface area contributed by atoms with Gasteiger partial charge < -0.3 is 0 Å². The van der Waals surface area contributed by atoms with Crippen molar-refractivity contribution in [3.63, 3.8) is 0 Å². The molecule has 1 heterocycles. The van der Waals surface area contributed by atoms with Gasteiger partial charge in [0.25, 0.3) is 11.8 Å². The number of imide groups is 1. The summed E-state index contributed by atoms with van der Waals surface area (Å²) in [5.74, 6) is 0.350. The molecule has 1 aromatic carbocycles. The number of rotatable bonds is 4. The van der Waals surface area contributed by atoms with E-state index < -0.39 is 0 Å². The monoisotopic (exact) mass is 397 g/mol. The van der Waals surface area contributed by atoms with Crippen molar-refractivity contribution in [1.29, 1.82) is 0 Å². The maximum absolute atomic E-state index is 13.2. The first-order valence-electron chi connectivity index (χ1n) is 8.75. The molecule has 134 valence electrons. The van der Waals surface area contributed by atoms with Crippen LogP contribution in [0.5, 0.6) is 0 Å². The van der Waals surface area contributed by atoms with Gasteiger partial charge in [-0.15, -0.1) is 11.8 Å². The standard InChI is InChI=1S/C19H21Cl2NO2S/c1-2-25-17-16(14-10-9-12(20)11-15(14)21)18(23)22(19(17)24)13-7-5-3-4-6-8-13/h9-11,13H,2-8H2,1H3. The first kappa shape index (κ1) is 18.8. The lowest BCUT2D eigenvalue weighted by Gasteiger charge is -2.25. The molecule has 1 aliphatic heterocycles. The average molecular weight is 398 g/mol. The summed E-state index contributed by atoms with van der Waals surface area (Å²) in [6.45, 7) is 1.98. The van der Waals surface area contributed by atoms with Gasteiger partial charge in [0.1, 0.15) is 0 Å². The molecule has 1 saturated carbocycles. The van der Waals surface area contributed by atoms with Gasteiger partial charge in [-0.05, 0) is 30.7 Å². The molecule has 0 N–H and O–H groups in total. The summed E-state index contributed by atoms with van der Waals surface area (Å²) in [5.41, 5.74) is 1.03. The Morgan fingerprint density at radius 1 is 1.08 bits per heavy atom. The second-order valence-electron chi connectivity index (χ2n) is 6.39. The predicted molar refractivity (Wildman–Crippen MR) is 105 cm³/mol. The molecule has 3 nitrogen and oxygen atoms in total. The van der Waals surface area contributed by atoms with Crippen LogP contribution in [-0.4, -0.2) is 28.5 Å². The minimum absolute atomic E-state index is 0.00136. The Bertz CT molecular complexity index is 724. The Morgan fingerprint density at radius 2 is 1.76 bits per heavy atom. The molecule has 0 spiro atoms. The number of nitrogens with zero attached hydrogens (tertiary/aromatic N) is 1. The van der Waals surface area contributed by atoms with Crippen LogP contribution in [0, 0.1) is 0 Å². The van der Waals surface area contributed by atoms with E-state index in [1.165, 1.54) is 29.5 Å². The minimum atomic E-state index is -0.211. The van der Waals surface area contributed by atoms with E-state index in [0.29, 0.717) is 26.1 Å². The highest BCUT2D eigenvalue weighted by Gasteiger charge is 2.43. The normalized spacial score (nSPS) is 19.7. The molecule has 2 aliphatic rings. The number of carbonyl (C=O) groups is 2. The molecule has 1 aliphatic carbocycles. The van der Waals surface area contributed by atoms with E-state index in [1.807, 2.05) is 6.92 Å². The lowest BCUT2D eigenvalue weighted by molar-refractivity contribution is -0.139. The van der Waals surface area contributed by atoms with Crippen molar-refractivity contribution in [1.82, 2.24) is 4.90 Å². The topological polar surface area (TPSA) is 37.4 Å². The highest BCUT2D eigenvalue weighted by Crippen LogP contribution is 2.41. The highest BCUT2D eigenvalue weighted by atomic mass is 35.5. The Kier molecular flexibility index (Phi) is 6.13. The molecule has 25 heavy (non-hydrogen) atoms. The molecule has 0 saturated heterocycles. The molecular weight excluding hydrogens is 377 g/mol. The van der Waals surface area contributed by atoms with Crippen molar-refractivity contribution in [2.24, 2.45) is 0 Å². The van der Waals surface area contributed by atoms with Crippen LogP contribution in [0.2, 0.25) is 10.0 Å². The van der Waals surface area contributed by atoms with Crippen LogP contribution in [0.4, 0.5) is 0 Å². The Labute approximate surface area is 162 Å². The molecule has 0 radical (unpaired) electrons. The number of amides is 2. The molecule has 1 aromatic rings. The van der Waals surface area contributed by atoms with E-state index in [-0.39, 0.29) is 17.9 Å². The van der Waals surface area contributed by atoms with Crippen LogP contribution in [0.25, 0.3) is 5.57 Å². The summed E-state index contributed by atoms with van der Waals surface area (Å²) in [6, 6.07) is 5.05. The van der Waals surface area contributed by atoms with Crippen LogP contribution in [0.3, 0.4) is 0 Å². The summed E-state index contributed by atoms with van der Waals surface area (Å²) >= 11 is 13.7. The van der Waals surface area contributed by atoms with Crippen molar-refractivity contribution >= 4 is 52.4 Å². The van der Waals surface area contributed by atoms with Crippen molar-refractivity contribution in [2.45, 2.75) is 51.5 Å². The molecule has 0 unspecified atom stereocenters. The molecular formula is C19H21Cl2NO2S. The van der Waals surface area contributed by atoms with Crippen molar-refractivity contribution in [2.75, 3.05) is 5.75 Å². The number of hydrogen-bond acceptors (Lipinski definition) is 3. The minimum Gasteiger partial charge on any atom is -0.271 e. The Hall–Kier alpha value is -0.970.